The van der Waals surface area contributed by atoms with E-state index in [0.29, 0.717) is 9.23 Å². The number of carbonyl (C=O) groups is 2. The minimum absolute atomic E-state index is 0.0224. The molecule has 7 heteroatoms. The summed E-state index contributed by atoms with van der Waals surface area (Å²) >= 11 is 6.58. The Balaban J connectivity index is 1.70. The van der Waals surface area contributed by atoms with Gasteiger partial charge >= 0.3 is 0 Å². The summed E-state index contributed by atoms with van der Waals surface area (Å²) in [7, 11) is 1.60. The molecule has 2 aliphatic rings. The molecule has 0 radical (unpaired) electrons. The summed E-state index contributed by atoms with van der Waals surface area (Å²) in [5, 5.41) is 0. The standard InChI is InChI=1S/C19H22N2O3S2/c1-24-15-8-6-7-14(11-15)12-16-18(23)21(19(25)26-16)13-17(22)20-9-4-2-3-5-10-20/h6-8,11-12H,2-5,9-10,13H2,1H3. The average Bonchev–Trinajstić information content (AvgIpc) is 2.86. The molecule has 26 heavy (non-hydrogen) atoms. The van der Waals surface area contributed by atoms with E-state index in [1.807, 2.05) is 29.2 Å². The van der Waals surface area contributed by atoms with Gasteiger partial charge in [0.05, 0.1) is 12.0 Å². The zero-order valence-electron chi connectivity index (χ0n) is 14.8. The lowest BCUT2D eigenvalue weighted by molar-refractivity contribution is -0.135. The highest BCUT2D eigenvalue weighted by Crippen LogP contribution is 2.33. The fourth-order valence-corrected chi connectivity index (χ4v) is 4.33. The molecule has 0 spiro atoms. The van der Waals surface area contributed by atoms with Crippen LogP contribution in [0.25, 0.3) is 6.08 Å². The molecule has 2 heterocycles. The molecule has 1 aromatic rings. The maximum atomic E-state index is 12.7. The number of methoxy groups -OCH3 is 1. The van der Waals surface area contributed by atoms with Crippen LogP contribution in [-0.4, -0.2) is 52.7 Å². The van der Waals surface area contributed by atoms with Crippen LogP contribution in [0.2, 0.25) is 0 Å². The number of thiocarbonyl (C=S) groups is 1. The van der Waals surface area contributed by atoms with E-state index in [1.54, 1.807) is 13.2 Å². The zero-order chi connectivity index (χ0) is 18.5. The number of nitrogens with zero attached hydrogens (tertiary/aromatic N) is 2. The number of hydrogen-bond donors (Lipinski definition) is 0. The van der Waals surface area contributed by atoms with E-state index in [2.05, 4.69) is 0 Å². The van der Waals surface area contributed by atoms with Crippen molar-refractivity contribution in [2.45, 2.75) is 25.7 Å². The summed E-state index contributed by atoms with van der Waals surface area (Å²) in [6, 6.07) is 7.48. The van der Waals surface area contributed by atoms with Crippen molar-refractivity contribution in [2.75, 3.05) is 26.7 Å². The summed E-state index contributed by atoms with van der Waals surface area (Å²) in [6.07, 6.45) is 6.17. The van der Waals surface area contributed by atoms with Gasteiger partial charge in [-0.15, -0.1) is 0 Å². The van der Waals surface area contributed by atoms with E-state index in [9.17, 15) is 9.59 Å². The molecule has 3 rings (SSSR count). The Morgan fingerprint density at radius 3 is 2.69 bits per heavy atom. The second-order valence-corrected chi connectivity index (χ2v) is 8.02. The summed E-state index contributed by atoms with van der Waals surface area (Å²) < 4.78 is 5.65. The number of benzene rings is 1. The second-order valence-electron chi connectivity index (χ2n) is 6.34. The summed E-state index contributed by atoms with van der Waals surface area (Å²) in [6.45, 7) is 1.57. The van der Waals surface area contributed by atoms with Crippen LogP contribution in [0.5, 0.6) is 5.75 Å². The van der Waals surface area contributed by atoms with Gasteiger partial charge in [0.25, 0.3) is 5.91 Å². The van der Waals surface area contributed by atoms with E-state index >= 15 is 0 Å². The van der Waals surface area contributed by atoms with Gasteiger partial charge in [-0.2, -0.15) is 0 Å². The number of ether oxygens (including phenoxy) is 1. The first-order valence-electron chi connectivity index (χ1n) is 8.75. The number of rotatable bonds is 4. The topological polar surface area (TPSA) is 49.9 Å². The Bertz CT molecular complexity index is 740. The predicted octanol–water partition coefficient (Wildman–Crippen LogP) is 3.30. The van der Waals surface area contributed by atoms with Crippen molar-refractivity contribution in [3.05, 3.63) is 34.7 Å². The van der Waals surface area contributed by atoms with Gasteiger partial charge in [0.15, 0.2) is 0 Å². The summed E-state index contributed by atoms with van der Waals surface area (Å²) in [4.78, 5) is 29.1. The van der Waals surface area contributed by atoms with Crippen LogP contribution < -0.4 is 4.74 Å². The molecule has 0 unspecified atom stereocenters. The predicted molar refractivity (Wildman–Crippen MR) is 108 cm³/mol. The van der Waals surface area contributed by atoms with Crippen molar-refractivity contribution in [3.63, 3.8) is 0 Å². The van der Waals surface area contributed by atoms with E-state index in [0.717, 1.165) is 50.1 Å². The van der Waals surface area contributed by atoms with E-state index in [1.165, 1.54) is 16.7 Å². The molecule has 2 fully saturated rings. The molecule has 2 saturated heterocycles. The highest BCUT2D eigenvalue weighted by Gasteiger charge is 2.34. The highest BCUT2D eigenvalue weighted by atomic mass is 32.2. The molecule has 138 valence electrons. The largest absolute Gasteiger partial charge is 0.497 e. The van der Waals surface area contributed by atoms with Gasteiger partial charge in [-0.1, -0.05) is 49.0 Å². The molecular formula is C19H22N2O3S2. The van der Waals surface area contributed by atoms with Gasteiger partial charge in [0.1, 0.15) is 16.6 Å². The van der Waals surface area contributed by atoms with Crippen LogP contribution in [-0.2, 0) is 9.59 Å². The quantitative estimate of drug-likeness (QED) is 0.583. The Kier molecular flexibility index (Phi) is 6.32. The van der Waals surface area contributed by atoms with Crippen molar-refractivity contribution < 1.29 is 14.3 Å². The number of thioether (sulfide) groups is 1. The molecule has 0 aromatic heterocycles. The Hall–Kier alpha value is -1.86. The maximum absolute atomic E-state index is 12.7. The van der Waals surface area contributed by atoms with Crippen LogP contribution in [0.1, 0.15) is 31.2 Å². The van der Waals surface area contributed by atoms with Gasteiger partial charge in [-0.3, -0.25) is 14.5 Å². The van der Waals surface area contributed by atoms with E-state index in [-0.39, 0.29) is 18.4 Å². The Morgan fingerprint density at radius 2 is 2.00 bits per heavy atom. The van der Waals surface area contributed by atoms with E-state index in [4.69, 9.17) is 17.0 Å². The van der Waals surface area contributed by atoms with Gasteiger partial charge in [-0.25, -0.2) is 0 Å². The van der Waals surface area contributed by atoms with Crippen LogP contribution >= 0.6 is 24.0 Å². The molecule has 0 N–H and O–H groups in total. The number of carbonyl (C=O) groups excluding carboxylic acids is 2. The lowest BCUT2D eigenvalue weighted by Gasteiger charge is -2.23. The minimum Gasteiger partial charge on any atom is -0.497 e. The number of amides is 2. The van der Waals surface area contributed by atoms with Crippen LogP contribution in [0.15, 0.2) is 29.2 Å². The first-order valence-corrected chi connectivity index (χ1v) is 9.98. The third-order valence-corrected chi connectivity index (χ3v) is 5.90. The van der Waals surface area contributed by atoms with Crippen LogP contribution in [0.4, 0.5) is 0 Å². The number of hydrogen-bond acceptors (Lipinski definition) is 5. The lowest BCUT2D eigenvalue weighted by Crippen LogP contribution is -2.42. The van der Waals surface area contributed by atoms with Crippen LogP contribution in [0, 0.1) is 0 Å². The summed E-state index contributed by atoms with van der Waals surface area (Å²) in [5.74, 6) is 0.502. The van der Waals surface area contributed by atoms with E-state index < -0.39 is 0 Å². The normalized spacial score (nSPS) is 19.8. The van der Waals surface area contributed by atoms with Gasteiger partial charge in [-0.05, 0) is 36.6 Å². The Labute approximate surface area is 163 Å². The summed E-state index contributed by atoms with van der Waals surface area (Å²) in [5.41, 5.74) is 0.865. The molecular weight excluding hydrogens is 368 g/mol. The molecule has 5 nitrogen and oxygen atoms in total. The molecule has 0 aliphatic carbocycles. The minimum atomic E-state index is -0.203. The smallest absolute Gasteiger partial charge is 0.266 e. The SMILES string of the molecule is COc1cccc(C=C2SC(=S)N(CC(=O)N3CCCCCC3)C2=O)c1. The van der Waals surface area contributed by atoms with Gasteiger partial charge < -0.3 is 9.64 Å². The highest BCUT2D eigenvalue weighted by molar-refractivity contribution is 8.26. The first-order chi connectivity index (χ1) is 12.6. The lowest BCUT2D eigenvalue weighted by atomic mass is 10.2. The third kappa shape index (κ3) is 4.45. The monoisotopic (exact) mass is 390 g/mol. The molecule has 0 atom stereocenters. The molecule has 0 saturated carbocycles. The van der Waals surface area contributed by atoms with Crippen molar-refractivity contribution in [1.82, 2.24) is 9.80 Å². The van der Waals surface area contributed by atoms with Crippen molar-refractivity contribution in [2.24, 2.45) is 0 Å². The fraction of sp³-hybridized carbons (Fsp3) is 0.421. The van der Waals surface area contributed by atoms with Gasteiger partial charge in [0.2, 0.25) is 5.91 Å². The molecule has 1 aromatic carbocycles. The molecule has 2 aliphatic heterocycles. The molecule has 2 amide bonds. The average molecular weight is 391 g/mol. The third-order valence-electron chi connectivity index (χ3n) is 4.52. The Morgan fingerprint density at radius 1 is 1.27 bits per heavy atom. The van der Waals surface area contributed by atoms with Crippen molar-refractivity contribution in [1.29, 1.82) is 0 Å². The second kappa shape index (κ2) is 8.68. The number of likely N-dealkylation sites (tertiary alicyclic amines) is 1. The molecule has 0 bridgehead atoms. The van der Waals surface area contributed by atoms with Crippen molar-refractivity contribution in [3.8, 4) is 5.75 Å². The fourth-order valence-electron chi connectivity index (χ4n) is 3.07. The van der Waals surface area contributed by atoms with Gasteiger partial charge in [0, 0.05) is 13.1 Å². The van der Waals surface area contributed by atoms with Crippen LogP contribution in [0.3, 0.4) is 0 Å². The zero-order valence-corrected chi connectivity index (χ0v) is 16.4. The first kappa shape index (κ1) is 18.9. The van der Waals surface area contributed by atoms with Crippen molar-refractivity contribution >= 4 is 46.2 Å². The maximum Gasteiger partial charge on any atom is 0.266 e.